The van der Waals surface area contributed by atoms with Crippen molar-refractivity contribution in [3.63, 3.8) is 0 Å². The van der Waals surface area contributed by atoms with Crippen molar-refractivity contribution in [3.8, 4) is 11.1 Å². The molecule has 1 saturated carbocycles. The van der Waals surface area contributed by atoms with E-state index < -0.39 is 6.09 Å². The van der Waals surface area contributed by atoms with Crippen LogP contribution >= 0.6 is 0 Å². The molecular weight excluding hydrogens is 445 g/mol. The van der Waals surface area contributed by atoms with E-state index in [1.807, 2.05) is 30.6 Å². The van der Waals surface area contributed by atoms with Crippen molar-refractivity contribution in [1.82, 2.24) is 24.5 Å². The molecule has 6 rings (SSSR count). The predicted molar refractivity (Wildman–Crippen MR) is 129 cm³/mol. The number of hydrogen-bond donors (Lipinski definition) is 0. The number of imidazole rings is 1. The number of hydrogen-bond acceptors (Lipinski definition) is 5. The van der Waals surface area contributed by atoms with Crippen LogP contribution in [0.2, 0.25) is 0 Å². The minimum Gasteiger partial charge on any atom is -0.451 e. The molecule has 3 aromatic heterocycles. The van der Waals surface area contributed by atoms with E-state index in [1.54, 1.807) is 18.3 Å². The fourth-order valence-electron chi connectivity index (χ4n) is 4.69. The molecule has 1 fully saturated rings. The fourth-order valence-corrected chi connectivity index (χ4v) is 4.69. The number of fused-ring (bicyclic) bond motifs is 2. The fraction of sp³-hybridized carbons (Fsp3) is 0.185. The zero-order chi connectivity index (χ0) is 24.0. The number of amides is 1. The predicted octanol–water partition coefficient (Wildman–Crippen LogP) is 5.48. The molecule has 0 aliphatic heterocycles. The number of methoxy groups -OCH3 is 1. The van der Waals surface area contributed by atoms with Crippen molar-refractivity contribution in [3.05, 3.63) is 96.2 Å². The standard InChI is InChI=1S/C27H22FN5O2/c1-35-26(34)33(28)16-18-4-6-19(7-5-18)21-14-30-25-31-15-24(32(25)17-21)27(10-11-27)22-8-9-23-20(13-22)3-2-12-29-23/h2-9,12-15,17H,10-11,16H2,1H3. The van der Waals surface area contributed by atoms with Crippen LogP contribution in [-0.2, 0) is 16.7 Å². The Morgan fingerprint density at radius 1 is 1.06 bits per heavy atom. The average molecular weight is 468 g/mol. The number of nitrogens with zero attached hydrogens (tertiary/aromatic N) is 5. The quantitative estimate of drug-likeness (QED) is 0.320. The first kappa shape index (κ1) is 21.2. The molecule has 0 atom stereocenters. The first-order chi connectivity index (χ1) is 17.1. The lowest BCUT2D eigenvalue weighted by atomic mass is 9.91. The van der Waals surface area contributed by atoms with Gasteiger partial charge in [-0.25, -0.2) is 14.8 Å². The van der Waals surface area contributed by atoms with Crippen LogP contribution in [0.5, 0.6) is 0 Å². The maximum atomic E-state index is 13.8. The van der Waals surface area contributed by atoms with E-state index in [0.29, 0.717) is 11.3 Å². The highest BCUT2D eigenvalue weighted by molar-refractivity contribution is 5.79. The first-order valence-corrected chi connectivity index (χ1v) is 11.4. The maximum Gasteiger partial charge on any atom is 0.438 e. The van der Waals surface area contributed by atoms with Gasteiger partial charge in [0.2, 0.25) is 5.78 Å². The van der Waals surface area contributed by atoms with Gasteiger partial charge in [0.25, 0.3) is 0 Å². The van der Waals surface area contributed by atoms with Crippen LogP contribution in [0.4, 0.5) is 9.28 Å². The monoisotopic (exact) mass is 467 g/mol. The molecular formula is C27H22FN5O2. The Hall–Kier alpha value is -4.33. The van der Waals surface area contributed by atoms with Crippen LogP contribution in [0.1, 0.15) is 29.7 Å². The lowest BCUT2D eigenvalue weighted by Crippen LogP contribution is -2.21. The second-order valence-electron chi connectivity index (χ2n) is 8.84. The minimum atomic E-state index is -1.02. The van der Waals surface area contributed by atoms with Crippen molar-refractivity contribution in [2.45, 2.75) is 24.8 Å². The number of carbonyl (C=O) groups is 1. The average Bonchev–Trinajstić information content (AvgIpc) is 3.60. The second kappa shape index (κ2) is 8.16. The van der Waals surface area contributed by atoms with Crippen molar-refractivity contribution in [1.29, 1.82) is 0 Å². The molecule has 0 radical (unpaired) electrons. The number of benzene rings is 2. The van der Waals surface area contributed by atoms with Gasteiger partial charge in [-0.2, -0.15) is 0 Å². The highest BCUT2D eigenvalue weighted by Gasteiger charge is 2.48. The molecule has 0 bridgehead atoms. The van der Waals surface area contributed by atoms with Crippen LogP contribution in [0.3, 0.4) is 0 Å². The van der Waals surface area contributed by atoms with E-state index in [4.69, 9.17) is 0 Å². The molecule has 0 spiro atoms. The molecule has 1 amide bonds. The molecule has 0 N–H and O–H groups in total. The van der Waals surface area contributed by atoms with Crippen LogP contribution in [0.15, 0.2) is 79.4 Å². The number of aromatic nitrogens is 4. The Balaban J connectivity index is 1.33. The molecule has 0 unspecified atom stereocenters. The molecule has 1 aliphatic carbocycles. The summed E-state index contributed by atoms with van der Waals surface area (Å²) in [5.74, 6) is 0.653. The van der Waals surface area contributed by atoms with Crippen LogP contribution in [0, 0.1) is 0 Å². The summed E-state index contributed by atoms with van der Waals surface area (Å²) in [6, 6.07) is 17.9. The van der Waals surface area contributed by atoms with Gasteiger partial charge < -0.3 is 4.74 Å². The van der Waals surface area contributed by atoms with Gasteiger partial charge >= 0.3 is 6.09 Å². The van der Waals surface area contributed by atoms with Gasteiger partial charge in [0.05, 0.1) is 31.1 Å². The number of halogens is 1. The van der Waals surface area contributed by atoms with E-state index >= 15 is 0 Å². The third-order valence-corrected chi connectivity index (χ3v) is 6.74. The highest BCUT2D eigenvalue weighted by atomic mass is 19.2. The van der Waals surface area contributed by atoms with E-state index in [9.17, 15) is 9.28 Å². The molecule has 5 aromatic rings. The largest absolute Gasteiger partial charge is 0.451 e. The Morgan fingerprint density at radius 2 is 1.86 bits per heavy atom. The van der Waals surface area contributed by atoms with Gasteiger partial charge in [0, 0.05) is 35.0 Å². The molecule has 1 aliphatic rings. The zero-order valence-corrected chi connectivity index (χ0v) is 19.1. The number of carbonyl (C=O) groups excluding carboxylic acids is 1. The third kappa shape index (κ3) is 3.67. The van der Waals surface area contributed by atoms with Gasteiger partial charge in [-0.15, -0.1) is 5.12 Å². The van der Waals surface area contributed by atoms with Gasteiger partial charge in [-0.05, 0) is 47.7 Å². The summed E-state index contributed by atoms with van der Waals surface area (Å²) >= 11 is 0. The summed E-state index contributed by atoms with van der Waals surface area (Å²) < 4.78 is 20.2. The van der Waals surface area contributed by atoms with E-state index in [-0.39, 0.29) is 17.1 Å². The Bertz CT molecular complexity index is 1560. The van der Waals surface area contributed by atoms with Gasteiger partial charge in [0.1, 0.15) is 0 Å². The zero-order valence-electron chi connectivity index (χ0n) is 19.1. The molecule has 2 aromatic carbocycles. The van der Waals surface area contributed by atoms with Crippen molar-refractivity contribution in [2.24, 2.45) is 0 Å². The van der Waals surface area contributed by atoms with Crippen molar-refractivity contribution in [2.75, 3.05) is 7.11 Å². The third-order valence-electron chi connectivity index (χ3n) is 6.74. The lowest BCUT2D eigenvalue weighted by Gasteiger charge is -2.17. The summed E-state index contributed by atoms with van der Waals surface area (Å²) in [6.45, 7) is -0.181. The van der Waals surface area contributed by atoms with Crippen LogP contribution < -0.4 is 0 Å². The van der Waals surface area contributed by atoms with Crippen LogP contribution in [-0.4, -0.2) is 37.7 Å². The van der Waals surface area contributed by atoms with Gasteiger partial charge in [0.15, 0.2) is 0 Å². The number of ether oxygens (including phenoxy) is 1. The molecule has 35 heavy (non-hydrogen) atoms. The summed E-state index contributed by atoms with van der Waals surface area (Å²) in [6.07, 6.45) is 8.66. The molecule has 7 nitrogen and oxygen atoms in total. The SMILES string of the molecule is COC(=O)N(F)Cc1ccc(-c2cnc3ncc(C4(c5ccc6ncccc6c5)CC4)n3c2)cc1. The Morgan fingerprint density at radius 3 is 2.63 bits per heavy atom. The molecule has 3 heterocycles. The summed E-state index contributed by atoms with van der Waals surface area (Å²) in [7, 11) is 1.15. The number of rotatable bonds is 5. The molecule has 0 saturated heterocycles. The topological polar surface area (TPSA) is 72.6 Å². The van der Waals surface area contributed by atoms with E-state index in [1.165, 1.54) is 5.56 Å². The Labute approximate surface area is 200 Å². The molecule has 174 valence electrons. The summed E-state index contributed by atoms with van der Waals surface area (Å²) in [4.78, 5) is 24.9. The van der Waals surface area contributed by atoms with Crippen molar-refractivity contribution < 1.29 is 14.0 Å². The molecule has 8 heteroatoms. The lowest BCUT2D eigenvalue weighted by molar-refractivity contribution is 0.0145. The van der Waals surface area contributed by atoms with E-state index in [2.05, 4.69) is 54.6 Å². The number of pyridine rings is 1. The van der Waals surface area contributed by atoms with Crippen molar-refractivity contribution >= 4 is 22.8 Å². The Kier molecular flexibility index (Phi) is 4.95. The minimum absolute atomic E-state index is 0.0400. The summed E-state index contributed by atoms with van der Waals surface area (Å²) in [5.41, 5.74) is 5.79. The second-order valence-corrected chi connectivity index (χ2v) is 8.84. The van der Waals surface area contributed by atoms with Gasteiger partial charge in [-0.1, -0.05) is 40.9 Å². The smallest absolute Gasteiger partial charge is 0.438 e. The van der Waals surface area contributed by atoms with Gasteiger partial charge in [-0.3, -0.25) is 9.38 Å². The van der Waals surface area contributed by atoms with E-state index in [0.717, 1.165) is 47.7 Å². The normalized spacial score (nSPS) is 14.2. The maximum absolute atomic E-state index is 13.8. The summed E-state index contributed by atoms with van der Waals surface area (Å²) in [5, 5.41) is 1.17. The van der Waals surface area contributed by atoms with Crippen LogP contribution in [0.25, 0.3) is 27.8 Å². The highest BCUT2D eigenvalue weighted by Crippen LogP contribution is 2.53. The first-order valence-electron chi connectivity index (χ1n) is 11.4.